The minimum Gasteiger partial charge on any atom is -0.480 e. The van der Waals surface area contributed by atoms with E-state index in [0.29, 0.717) is 30.6 Å². The van der Waals surface area contributed by atoms with Gasteiger partial charge in [0.15, 0.2) is 0 Å². The number of hydrogen-bond acceptors (Lipinski definition) is 3. The molecule has 0 aromatic heterocycles. The Morgan fingerprint density at radius 1 is 1.14 bits per heavy atom. The van der Waals surface area contributed by atoms with Gasteiger partial charge in [-0.2, -0.15) is 0 Å². The third-order valence-electron chi connectivity index (χ3n) is 6.22. The fourth-order valence-corrected chi connectivity index (χ4v) is 4.96. The summed E-state index contributed by atoms with van der Waals surface area (Å²) in [5, 5.41) is 9.54. The van der Waals surface area contributed by atoms with Gasteiger partial charge in [-0.05, 0) is 43.9 Å². The Bertz CT molecular complexity index is 387. The molecule has 1 N–H and O–H groups in total. The summed E-state index contributed by atoms with van der Waals surface area (Å²) < 4.78 is 6.13. The molecule has 1 saturated heterocycles. The first kappa shape index (κ1) is 16.3. The second-order valence-corrected chi connectivity index (χ2v) is 7.61. The van der Waals surface area contributed by atoms with Crippen molar-refractivity contribution in [2.24, 2.45) is 11.8 Å². The van der Waals surface area contributed by atoms with E-state index in [0.717, 1.165) is 13.0 Å². The maximum atomic E-state index is 11.6. The van der Waals surface area contributed by atoms with Crippen LogP contribution in [0.5, 0.6) is 0 Å². The largest absolute Gasteiger partial charge is 0.480 e. The molecule has 0 spiro atoms. The number of fused-ring (bicyclic) bond motifs is 1. The topological polar surface area (TPSA) is 49.8 Å². The Hall–Kier alpha value is -0.610. The van der Waals surface area contributed by atoms with Crippen LogP contribution < -0.4 is 0 Å². The van der Waals surface area contributed by atoms with E-state index in [-0.39, 0.29) is 6.04 Å². The van der Waals surface area contributed by atoms with E-state index in [9.17, 15) is 9.90 Å². The molecule has 5 atom stereocenters. The zero-order valence-corrected chi connectivity index (χ0v) is 13.9. The molecule has 126 valence electrons. The molecule has 3 rings (SSSR count). The van der Waals surface area contributed by atoms with Crippen molar-refractivity contribution in [2.45, 2.75) is 82.9 Å². The molecule has 22 heavy (non-hydrogen) atoms. The number of carboxylic acids is 1. The standard InChI is InChI=1S/C18H31NO3/c1-13-6-2-5-9-17(13)22-11-10-19-15-8-4-3-7-14(15)12-16(19)18(20)21/h13-17H,2-12H2,1H3,(H,20,21). The molecule has 3 aliphatic rings. The van der Waals surface area contributed by atoms with Crippen LogP contribution in [0, 0.1) is 11.8 Å². The van der Waals surface area contributed by atoms with Crippen molar-refractivity contribution in [3.05, 3.63) is 0 Å². The van der Waals surface area contributed by atoms with Crippen molar-refractivity contribution in [1.29, 1.82) is 0 Å². The van der Waals surface area contributed by atoms with Gasteiger partial charge in [-0.25, -0.2) is 0 Å². The van der Waals surface area contributed by atoms with E-state index in [1.54, 1.807) is 0 Å². The molecule has 3 fully saturated rings. The molecule has 4 heteroatoms. The number of likely N-dealkylation sites (tertiary alicyclic amines) is 1. The quantitative estimate of drug-likeness (QED) is 0.846. The van der Waals surface area contributed by atoms with E-state index < -0.39 is 5.97 Å². The molecule has 4 nitrogen and oxygen atoms in total. The van der Waals surface area contributed by atoms with E-state index in [1.165, 1.54) is 51.4 Å². The molecule has 0 radical (unpaired) electrons. The van der Waals surface area contributed by atoms with Crippen molar-refractivity contribution in [1.82, 2.24) is 4.90 Å². The summed E-state index contributed by atoms with van der Waals surface area (Å²) in [5.74, 6) is 0.619. The van der Waals surface area contributed by atoms with E-state index >= 15 is 0 Å². The van der Waals surface area contributed by atoms with Gasteiger partial charge in [-0.15, -0.1) is 0 Å². The molecule has 5 unspecified atom stereocenters. The van der Waals surface area contributed by atoms with Crippen molar-refractivity contribution in [3.8, 4) is 0 Å². The lowest BCUT2D eigenvalue weighted by Gasteiger charge is -2.34. The minimum atomic E-state index is -0.638. The van der Waals surface area contributed by atoms with Gasteiger partial charge < -0.3 is 9.84 Å². The first-order valence-corrected chi connectivity index (χ1v) is 9.27. The van der Waals surface area contributed by atoms with Gasteiger partial charge in [-0.1, -0.05) is 32.6 Å². The van der Waals surface area contributed by atoms with E-state index in [1.807, 2.05) is 0 Å². The molecule has 2 saturated carbocycles. The second-order valence-electron chi connectivity index (χ2n) is 7.61. The summed E-state index contributed by atoms with van der Waals surface area (Å²) in [4.78, 5) is 13.8. The van der Waals surface area contributed by atoms with Gasteiger partial charge >= 0.3 is 5.97 Å². The van der Waals surface area contributed by atoms with Crippen LogP contribution in [0.1, 0.15) is 64.7 Å². The predicted octanol–water partition coefficient (Wildman–Crippen LogP) is 3.30. The summed E-state index contributed by atoms with van der Waals surface area (Å²) >= 11 is 0. The Balaban J connectivity index is 1.53. The zero-order chi connectivity index (χ0) is 15.5. The van der Waals surface area contributed by atoms with Gasteiger partial charge in [-0.3, -0.25) is 9.69 Å². The SMILES string of the molecule is CC1CCCCC1OCCN1C(C(=O)O)CC2CCCCC21. The van der Waals surface area contributed by atoms with Gasteiger partial charge in [0, 0.05) is 12.6 Å². The first-order chi connectivity index (χ1) is 10.7. The second kappa shape index (κ2) is 7.31. The maximum Gasteiger partial charge on any atom is 0.320 e. The van der Waals surface area contributed by atoms with Crippen LogP contribution in [0.25, 0.3) is 0 Å². The number of rotatable bonds is 5. The van der Waals surface area contributed by atoms with Gasteiger partial charge in [0.1, 0.15) is 6.04 Å². The molecule has 0 bridgehead atoms. The average Bonchev–Trinajstić information content (AvgIpc) is 2.88. The molecule has 0 amide bonds. The van der Waals surface area contributed by atoms with Crippen LogP contribution in [-0.2, 0) is 9.53 Å². The monoisotopic (exact) mass is 309 g/mol. The summed E-state index contributed by atoms with van der Waals surface area (Å²) in [6.07, 6.45) is 11.2. The van der Waals surface area contributed by atoms with Crippen LogP contribution in [0.3, 0.4) is 0 Å². The van der Waals surface area contributed by atoms with Crippen LogP contribution in [0.15, 0.2) is 0 Å². The molecule has 2 aliphatic carbocycles. The highest BCUT2D eigenvalue weighted by molar-refractivity contribution is 5.74. The highest BCUT2D eigenvalue weighted by Gasteiger charge is 2.44. The van der Waals surface area contributed by atoms with Crippen molar-refractivity contribution in [3.63, 3.8) is 0 Å². The van der Waals surface area contributed by atoms with E-state index in [2.05, 4.69) is 11.8 Å². The van der Waals surface area contributed by atoms with Crippen molar-refractivity contribution >= 4 is 5.97 Å². The Morgan fingerprint density at radius 3 is 2.64 bits per heavy atom. The van der Waals surface area contributed by atoms with E-state index in [4.69, 9.17) is 4.74 Å². The molecule has 1 heterocycles. The molecular weight excluding hydrogens is 278 g/mol. The fraction of sp³-hybridized carbons (Fsp3) is 0.944. The molecule has 1 aliphatic heterocycles. The number of carbonyl (C=O) groups is 1. The predicted molar refractivity (Wildman–Crippen MR) is 85.9 cm³/mol. The normalized spacial score (nSPS) is 39.6. The highest BCUT2D eigenvalue weighted by atomic mass is 16.5. The number of hydrogen-bond donors (Lipinski definition) is 1. The van der Waals surface area contributed by atoms with Gasteiger partial charge in [0.25, 0.3) is 0 Å². The minimum absolute atomic E-state index is 0.277. The summed E-state index contributed by atoms with van der Waals surface area (Å²) in [7, 11) is 0. The van der Waals surface area contributed by atoms with Crippen LogP contribution in [-0.4, -0.2) is 47.3 Å². The first-order valence-electron chi connectivity index (χ1n) is 9.27. The maximum absolute atomic E-state index is 11.6. The summed E-state index contributed by atoms with van der Waals surface area (Å²) in [6, 6.07) is 0.211. The zero-order valence-electron chi connectivity index (χ0n) is 13.9. The Kier molecular flexibility index (Phi) is 5.40. The number of ether oxygens (including phenoxy) is 1. The van der Waals surface area contributed by atoms with Gasteiger partial charge in [0.2, 0.25) is 0 Å². The highest BCUT2D eigenvalue weighted by Crippen LogP contribution is 2.39. The third kappa shape index (κ3) is 3.48. The lowest BCUT2D eigenvalue weighted by molar-refractivity contribution is -0.143. The van der Waals surface area contributed by atoms with Crippen LogP contribution >= 0.6 is 0 Å². The smallest absolute Gasteiger partial charge is 0.320 e. The third-order valence-corrected chi connectivity index (χ3v) is 6.22. The summed E-state index contributed by atoms with van der Waals surface area (Å²) in [6.45, 7) is 3.78. The van der Waals surface area contributed by atoms with Crippen molar-refractivity contribution in [2.75, 3.05) is 13.2 Å². The summed E-state index contributed by atoms with van der Waals surface area (Å²) in [5.41, 5.74) is 0. The fourth-order valence-electron chi connectivity index (χ4n) is 4.96. The lowest BCUT2D eigenvalue weighted by Crippen LogP contribution is -2.44. The number of carboxylic acid groups (broad SMARTS) is 1. The van der Waals surface area contributed by atoms with Gasteiger partial charge in [0.05, 0.1) is 12.7 Å². The molecular formula is C18H31NO3. The lowest BCUT2D eigenvalue weighted by atomic mass is 9.85. The Labute approximate surface area is 134 Å². The number of aliphatic carboxylic acids is 1. The Morgan fingerprint density at radius 2 is 1.86 bits per heavy atom. The number of nitrogens with zero attached hydrogens (tertiary/aromatic N) is 1. The molecule has 0 aromatic rings. The average molecular weight is 309 g/mol. The van der Waals surface area contributed by atoms with Crippen LogP contribution in [0.4, 0.5) is 0 Å². The van der Waals surface area contributed by atoms with Crippen molar-refractivity contribution < 1.29 is 14.6 Å². The van der Waals surface area contributed by atoms with Crippen LogP contribution in [0.2, 0.25) is 0 Å². The molecule has 0 aromatic carbocycles.